The Kier molecular flexibility index (Phi) is 5.10. The van der Waals surface area contributed by atoms with Gasteiger partial charge in [0.05, 0.1) is 9.90 Å². The van der Waals surface area contributed by atoms with Crippen molar-refractivity contribution in [2.45, 2.75) is 25.9 Å². The van der Waals surface area contributed by atoms with E-state index in [4.69, 9.17) is 23.2 Å². The fraction of sp³-hybridized carbons (Fsp3) is 0.400. The highest BCUT2D eigenvalue weighted by molar-refractivity contribution is 7.20. The van der Waals surface area contributed by atoms with Crippen molar-refractivity contribution in [3.8, 4) is 0 Å². The van der Waals surface area contributed by atoms with Crippen LogP contribution in [0.2, 0.25) is 8.67 Å². The predicted molar refractivity (Wildman–Crippen MR) is 94.6 cm³/mol. The van der Waals surface area contributed by atoms with Crippen molar-refractivity contribution in [2.24, 2.45) is 0 Å². The van der Waals surface area contributed by atoms with E-state index >= 15 is 0 Å². The second-order valence-electron chi connectivity index (χ2n) is 5.39. The number of halogens is 2. The van der Waals surface area contributed by atoms with Gasteiger partial charge in [-0.2, -0.15) is 0 Å². The molecule has 0 aromatic carbocycles. The van der Waals surface area contributed by atoms with E-state index in [2.05, 4.69) is 28.6 Å². The summed E-state index contributed by atoms with van der Waals surface area (Å²) in [6.07, 6.45) is 1.09. The minimum absolute atomic E-state index is 0.159. The van der Waals surface area contributed by atoms with Crippen LogP contribution in [0.5, 0.6) is 0 Å². The van der Waals surface area contributed by atoms with Gasteiger partial charge in [0.2, 0.25) is 0 Å². The van der Waals surface area contributed by atoms with Crippen LogP contribution in [0, 0.1) is 0 Å². The maximum absolute atomic E-state index is 12.2. The maximum Gasteiger partial charge on any atom is 0.253 e. The lowest BCUT2D eigenvalue weighted by molar-refractivity contribution is 0.0933. The molecule has 1 aliphatic heterocycles. The predicted octanol–water partition coefficient (Wildman–Crippen LogP) is 4.29. The molecule has 0 aliphatic carbocycles. The molecule has 118 valence electrons. The smallest absolute Gasteiger partial charge is 0.253 e. The van der Waals surface area contributed by atoms with Gasteiger partial charge in [0.15, 0.2) is 0 Å². The Hall–Kier alpha value is -0.590. The largest absolute Gasteiger partial charge is 0.350 e. The van der Waals surface area contributed by atoms with Crippen LogP contribution < -0.4 is 5.32 Å². The van der Waals surface area contributed by atoms with Crippen molar-refractivity contribution < 1.29 is 4.79 Å². The van der Waals surface area contributed by atoms with Gasteiger partial charge in [-0.1, -0.05) is 23.2 Å². The Morgan fingerprint density at radius 3 is 3.05 bits per heavy atom. The standard InChI is InChI=1S/C15H16Cl2N2OS2/c1-9(19-4-2-12-10(8-19)3-5-21-12)7-18-15(20)11-6-13(16)22-14(11)17/h3,5-6,9H,2,4,7-8H2,1H3,(H,18,20). The summed E-state index contributed by atoms with van der Waals surface area (Å²) in [5.74, 6) is -0.159. The number of nitrogens with one attached hydrogen (secondary N) is 1. The van der Waals surface area contributed by atoms with Crippen LogP contribution in [0.15, 0.2) is 17.5 Å². The molecule has 22 heavy (non-hydrogen) atoms. The van der Waals surface area contributed by atoms with Crippen molar-refractivity contribution in [3.05, 3.63) is 42.2 Å². The van der Waals surface area contributed by atoms with E-state index in [1.165, 1.54) is 21.8 Å². The number of fused-ring (bicyclic) bond motifs is 1. The van der Waals surface area contributed by atoms with E-state index in [0.717, 1.165) is 19.5 Å². The summed E-state index contributed by atoms with van der Waals surface area (Å²) in [5, 5.41) is 5.11. The van der Waals surface area contributed by atoms with Gasteiger partial charge in [-0.3, -0.25) is 9.69 Å². The summed E-state index contributed by atoms with van der Waals surface area (Å²) in [6.45, 7) is 4.73. The lowest BCUT2D eigenvalue weighted by Gasteiger charge is -2.32. The number of amides is 1. The molecule has 1 amide bonds. The molecule has 1 N–H and O–H groups in total. The fourth-order valence-corrected chi connectivity index (χ4v) is 4.95. The van der Waals surface area contributed by atoms with Gasteiger partial charge >= 0.3 is 0 Å². The molecule has 3 heterocycles. The fourth-order valence-electron chi connectivity index (χ4n) is 2.61. The first kappa shape index (κ1) is 16.3. The highest BCUT2D eigenvalue weighted by Gasteiger charge is 2.22. The Bertz CT molecular complexity index is 683. The Balaban J connectivity index is 1.55. The SMILES string of the molecule is CC(CNC(=O)c1cc(Cl)sc1Cl)N1CCc2sccc2C1. The van der Waals surface area contributed by atoms with E-state index in [1.54, 1.807) is 6.07 Å². The van der Waals surface area contributed by atoms with Crippen LogP contribution in [0.25, 0.3) is 0 Å². The van der Waals surface area contributed by atoms with Crippen LogP contribution >= 0.6 is 45.9 Å². The van der Waals surface area contributed by atoms with Gasteiger partial charge < -0.3 is 5.32 Å². The molecule has 0 saturated carbocycles. The molecule has 1 aliphatic rings. The van der Waals surface area contributed by atoms with Gasteiger partial charge in [-0.15, -0.1) is 22.7 Å². The van der Waals surface area contributed by atoms with Crippen LogP contribution in [-0.4, -0.2) is 29.9 Å². The lowest BCUT2D eigenvalue weighted by Crippen LogP contribution is -2.44. The van der Waals surface area contributed by atoms with Gasteiger partial charge in [0, 0.05) is 30.6 Å². The highest BCUT2D eigenvalue weighted by Crippen LogP contribution is 2.31. The van der Waals surface area contributed by atoms with E-state index in [1.807, 2.05) is 11.3 Å². The number of carbonyl (C=O) groups excluding carboxylic acids is 1. The molecular weight excluding hydrogens is 359 g/mol. The van der Waals surface area contributed by atoms with Crippen LogP contribution in [0.4, 0.5) is 0 Å². The summed E-state index contributed by atoms with van der Waals surface area (Å²) in [7, 11) is 0. The summed E-state index contributed by atoms with van der Waals surface area (Å²) in [5.41, 5.74) is 1.88. The molecule has 0 saturated heterocycles. The number of nitrogens with zero attached hydrogens (tertiary/aromatic N) is 1. The van der Waals surface area contributed by atoms with Crippen molar-refractivity contribution in [1.29, 1.82) is 0 Å². The zero-order valence-corrected chi connectivity index (χ0v) is 15.2. The number of carbonyl (C=O) groups is 1. The molecule has 0 radical (unpaired) electrons. The molecule has 1 atom stereocenters. The molecule has 0 spiro atoms. The molecule has 1 unspecified atom stereocenters. The summed E-state index contributed by atoms with van der Waals surface area (Å²) >= 11 is 14.9. The van der Waals surface area contributed by atoms with Gasteiger partial charge in [-0.05, 0) is 36.4 Å². The molecule has 0 bridgehead atoms. The van der Waals surface area contributed by atoms with Crippen molar-refractivity contribution in [2.75, 3.05) is 13.1 Å². The molecule has 7 heteroatoms. The second-order valence-corrected chi connectivity index (χ2v) is 8.67. The molecule has 2 aromatic heterocycles. The molecule has 3 rings (SSSR count). The van der Waals surface area contributed by atoms with Gasteiger partial charge in [0.1, 0.15) is 4.34 Å². The maximum atomic E-state index is 12.2. The third-order valence-electron chi connectivity index (χ3n) is 3.92. The molecule has 2 aromatic rings. The normalized spacial score (nSPS) is 16.3. The first-order chi connectivity index (χ1) is 10.5. The first-order valence-corrected chi connectivity index (χ1v) is 9.52. The molecule has 3 nitrogen and oxygen atoms in total. The van der Waals surface area contributed by atoms with E-state index in [9.17, 15) is 4.79 Å². The zero-order chi connectivity index (χ0) is 15.7. The van der Waals surface area contributed by atoms with E-state index in [0.29, 0.717) is 20.8 Å². The van der Waals surface area contributed by atoms with E-state index < -0.39 is 0 Å². The quantitative estimate of drug-likeness (QED) is 0.865. The minimum atomic E-state index is -0.159. The molecular formula is C15H16Cl2N2OS2. The second kappa shape index (κ2) is 6.89. The third kappa shape index (κ3) is 3.49. The molecule has 0 fully saturated rings. The van der Waals surface area contributed by atoms with Crippen LogP contribution in [-0.2, 0) is 13.0 Å². The van der Waals surface area contributed by atoms with Gasteiger partial charge in [0.25, 0.3) is 5.91 Å². The van der Waals surface area contributed by atoms with E-state index in [-0.39, 0.29) is 11.9 Å². The van der Waals surface area contributed by atoms with Gasteiger partial charge in [-0.25, -0.2) is 0 Å². The minimum Gasteiger partial charge on any atom is -0.350 e. The first-order valence-electron chi connectivity index (χ1n) is 7.07. The third-order valence-corrected chi connectivity index (χ3v) is 6.43. The highest BCUT2D eigenvalue weighted by atomic mass is 35.5. The Morgan fingerprint density at radius 1 is 1.50 bits per heavy atom. The Labute approximate surface area is 147 Å². The zero-order valence-electron chi connectivity index (χ0n) is 12.1. The lowest BCUT2D eigenvalue weighted by atomic mass is 10.1. The topological polar surface area (TPSA) is 32.3 Å². The Morgan fingerprint density at radius 2 is 2.32 bits per heavy atom. The number of hydrogen-bond donors (Lipinski definition) is 1. The van der Waals surface area contributed by atoms with Crippen LogP contribution in [0.1, 0.15) is 27.7 Å². The number of hydrogen-bond acceptors (Lipinski definition) is 4. The summed E-state index contributed by atoms with van der Waals surface area (Å²) in [6, 6.07) is 4.10. The summed E-state index contributed by atoms with van der Waals surface area (Å²) < 4.78 is 0.972. The average Bonchev–Trinajstić information content (AvgIpc) is 3.09. The number of rotatable bonds is 4. The number of thiophene rings is 2. The van der Waals surface area contributed by atoms with Crippen LogP contribution in [0.3, 0.4) is 0 Å². The average molecular weight is 375 g/mol. The van der Waals surface area contributed by atoms with Crippen molar-refractivity contribution in [3.63, 3.8) is 0 Å². The summed E-state index contributed by atoms with van der Waals surface area (Å²) in [4.78, 5) is 16.1. The van der Waals surface area contributed by atoms with Crippen molar-refractivity contribution >= 4 is 51.8 Å². The monoisotopic (exact) mass is 374 g/mol. The van der Waals surface area contributed by atoms with Crippen molar-refractivity contribution in [1.82, 2.24) is 10.2 Å².